The van der Waals surface area contributed by atoms with Crippen LogP contribution in [-0.2, 0) is 13.0 Å². The van der Waals surface area contributed by atoms with E-state index < -0.39 is 0 Å². The van der Waals surface area contributed by atoms with Crippen molar-refractivity contribution in [2.75, 3.05) is 13.7 Å². The van der Waals surface area contributed by atoms with Gasteiger partial charge in [0.15, 0.2) is 5.76 Å². The van der Waals surface area contributed by atoms with Gasteiger partial charge in [0.1, 0.15) is 5.75 Å². The molecule has 0 amide bonds. The zero-order valence-corrected chi connectivity index (χ0v) is 15.2. The molecular weight excluding hydrogens is 328 g/mol. The highest BCUT2D eigenvalue weighted by atomic mass is 16.5. The second-order valence-corrected chi connectivity index (χ2v) is 6.70. The first-order chi connectivity index (χ1) is 12.8. The predicted molar refractivity (Wildman–Crippen MR) is 98.8 cm³/mol. The molecule has 1 aliphatic rings. The first-order valence-corrected chi connectivity index (χ1v) is 9.14. The zero-order chi connectivity index (χ0) is 17.9. The molecule has 0 spiro atoms. The van der Waals surface area contributed by atoms with Gasteiger partial charge in [-0.05, 0) is 50.1 Å². The number of ether oxygens (including phenoxy) is 1. The van der Waals surface area contributed by atoms with Crippen molar-refractivity contribution < 1.29 is 9.26 Å². The van der Waals surface area contributed by atoms with E-state index in [0.29, 0.717) is 6.04 Å². The molecule has 0 radical (unpaired) electrons. The number of aromatic amines is 1. The largest absolute Gasteiger partial charge is 0.497 e. The number of H-pyrrole nitrogens is 1. The van der Waals surface area contributed by atoms with E-state index in [4.69, 9.17) is 9.26 Å². The lowest BCUT2D eigenvalue weighted by molar-refractivity contribution is 0.206. The Morgan fingerprint density at radius 3 is 2.88 bits per heavy atom. The Kier molecular flexibility index (Phi) is 4.75. The van der Waals surface area contributed by atoms with E-state index >= 15 is 0 Å². The van der Waals surface area contributed by atoms with Crippen LogP contribution in [0.2, 0.25) is 0 Å². The van der Waals surface area contributed by atoms with E-state index in [1.807, 2.05) is 18.3 Å². The van der Waals surface area contributed by atoms with Crippen LogP contribution in [0.1, 0.15) is 42.8 Å². The summed E-state index contributed by atoms with van der Waals surface area (Å²) in [5.74, 6) is 1.83. The molecule has 0 bridgehead atoms. The highest BCUT2D eigenvalue weighted by Crippen LogP contribution is 2.35. The summed E-state index contributed by atoms with van der Waals surface area (Å²) in [4.78, 5) is 2.46. The summed E-state index contributed by atoms with van der Waals surface area (Å²) >= 11 is 0. The normalized spacial score (nSPS) is 17.7. The summed E-state index contributed by atoms with van der Waals surface area (Å²) in [5, 5.41) is 11.6. The molecule has 1 N–H and O–H groups in total. The summed E-state index contributed by atoms with van der Waals surface area (Å²) in [6.45, 7) is 3.99. The standard InChI is InChI=1S/C20H24N4O2/c1-3-16-11-19(26-23-16)18-5-4-10-24(18)13-15-12-21-22-20(15)14-6-8-17(25-2)9-7-14/h6-9,11-12,18H,3-5,10,13H2,1-2H3,(H,21,22)/t18-/m0/s1. The van der Waals surface area contributed by atoms with Crippen LogP contribution in [0.3, 0.4) is 0 Å². The Labute approximate surface area is 153 Å². The van der Waals surface area contributed by atoms with Gasteiger partial charge in [-0.25, -0.2) is 0 Å². The van der Waals surface area contributed by atoms with Crippen molar-refractivity contribution in [2.24, 2.45) is 0 Å². The Bertz CT molecular complexity index is 853. The fourth-order valence-electron chi connectivity index (χ4n) is 3.65. The summed E-state index contributed by atoms with van der Waals surface area (Å²) < 4.78 is 10.8. The molecule has 6 nitrogen and oxygen atoms in total. The molecule has 3 heterocycles. The maximum atomic E-state index is 5.60. The number of hydrogen-bond acceptors (Lipinski definition) is 5. The number of benzene rings is 1. The van der Waals surface area contributed by atoms with Crippen LogP contribution in [0.5, 0.6) is 5.75 Å². The zero-order valence-electron chi connectivity index (χ0n) is 15.2. The third kappa shape index (κ3) is 3.24. The first kappa shape index (κ1) is 16.8. The highest BCUT2D eigenvalue weighted by Gasteiger charge is 2.30. The van der Waals surface area contributed by atoms with Gasteiger partial charge in [-0.3, -0.25) is 10.00 Å². The van der Waals surface area contributed by atoms with Crippen molar-refractivity contribution in [3.8, 4) is 17.0 Å². The van der Waals surface area contributed by atoms with Crippen LogP contribution in [0.4, 0.5) is 0 Å². The van der Waals surface area contributed by atoms with Crippen LogP contribution in [0.15, 0.2) is 41.1 Å². The molecule has 2 aromatic heterocycles. The Morgan fingerprint density at radius 1 is 1.31 bits per heavy atom. The predicted octanol–water partition coefficient (Wildman–Crippen LogP) is 3.97. The molecule has 0 saturated carbocycles. The van der Waals surface area contributed by atoms with Gasteiger partial charge in [-0.2, -0.15) is 5.10 Å². The summed E-state index contributed by atoms with van der Waals surface area (Å²) in [7, 11) is 1.68. The van der Waals surface area contributed by atoms with Crippen LogP contribution in [0.25, 0.3) is 11.3 Å². The Hall–Kier alpha value is -2.60. The lowest BCUT2D eigenvalue weighted by atomic mass is 10.1. The quantitative estimate of drug-likeness (QED) is 0.727. The molecule has 1 atom stereocenters. The lowest BCUT2D eigenvalue weighted by Gasteiger charge is -2.22. The third-order valence-electron chi connectivity index (χ3n) is 5.10. The van der Waals surface area contributed by atoms with Gasteiger partial charge in [-0.15, -0.1) is 0 Å². The molecule has 1 saturated heterocycles. The topological polar surface area (TPSA) is 67.2 Å². The van der Waals surface area contributed by atoms with E-state index in [0.717, 1.165) is 54.4 Å². The SMILES string of the molecule is CCc1cc([C@@H]2CCCN2Cc2cn[nH]c2-c2ccc(OC)cc2)on1. The molecule has 1 aromatic carbocycles. The molecule has 136 valence electrons. The fraction of sp³-hybridized carbons (Fsp3) is 0.400. The van der Waals surface area contributed by atoms with Crippen molar-refractivity contribution in [3.63, 3.8) is 0 Å². The van der Waals surface area contributed by atoms with E-state index in [1.54, 1.807) is 7.11 Å². The minimum Gasteiger partial charge on any atom is -0.497 e. The molecule has 1 aliphatic heterocycles. The second kappa shape index (κ2) is 7.33. The van der Waals surface area contributed by atoms with Crippen molar-refractivity contribution in [1.82, 2.24) is 20.3 Å². The maximum absolute atomic E-state index is 5.60. The molecule has 0 unspecified atom stereocenters. The van der Waals surface area contributed by atoms with Gasteiger partial charge in [-0.1, -0.05) is 12.1 Å². The highest BCUT2D eigenvalue weighted by molar-refractivity contribution is 5.63. The van der Waals surface area contributed by atoms with Gasteiger partial charge >= 0.3 is 0 Å². The average molecular weight is 352 g/mol. The number of likely N-dealkylation sites (tertiary alicyclic amines) is 1. The molecule has 3 aromatic rings. The molecule has 4 rings (SSSR count). The van der Waals surface area contributed by atoms with E-state index in [-0.39, 0.29) is 0 Å². The molecule has 0 aliphatic carbocycles. The van der Waals surface area contributed by atoms with Crippen molar-refractivity contribution in [3.05, 3.63) is 53.5 Å². The van der Waals surface area contributed by atoms with Gasteiger partial charge in [0.05, 0.1) is 30.7 Å². The summed E-state index contributed by atoms with van der Waals surface area (Å²) in [6, 6.07) is 10.4. The van der Waals surface area contributed by atoms with E-state index in [1.165, 1.54) is 12.0 Å². The van der Waals surface area contributed by atoms with Crippen molar-refractivity contribution >= 4 is 0 Å². The minimum atomic E-state index is 0.293. The van der Waals surface area contributed by atoms with Crippen LogP contribution in [-0.4, -0.2) is 33.9 Å². The van der Waals surface area contributed by atoms with Crippen molar-refractivity contribution in [2.45, 2.75) is 38.8 Å². The number of nitrogens with one attached hydrogen (secondary N) is 1. The molecular formula is C20H24N4O2. The number of rotatable bonds is 6. The smallest absolute Gasteiger partial charge is 0.154 e. The molecule has 6 heteroatoms. The minimum absolute atomic E-state index is 0.293. The maximum Gasteiger partial charge on any atom is 0.154 e. The average Bonchev–Trinajstić information content (AvgIpc) is 3.42. The lowest BCUT2D eigenvalue weighted by Crippen LogP contribution is -2.22. The van der Waals surface area contributed by atoms with Gasteiger partial charge < -0.3 is 9.26 Å². The van der Waals surface area contributed by atoms with E-state index in [9.17, 15) is 0 Å². The molecule has 26 heavy (non-hydrogen) atoms. The number of aromatic nitrogens is 3. The molecule has 1 fully saturated rings. The Morgan fingerprint density at radius 2 is 2.15 bits per heavy atom. The Balaban J connectivity index is 1.54. The number of nitrogens with zero attached hydrogens (tertiary/aromatic N) is 3. The van der Waals surface area contributed by atoms with E-state index in [2.05, 4.69) is 45.4 Å². The number of methoxy groups -OCH3 is 1. The van der Waals surface area contributed by atoms with Gasteiger partial charge in [0, 0.05) is 23.7 Å². The first-order valence-electron chi connectivity index (χ1n) is 9.14. The van der Waals surface area contributed by atoms with Crippen LogP contribution < -0.4 is 4.74 Å². The van der Waals surface area contributed by atoms with Crippen LogP contribution >= 0.6 is 0 Å². The number of aryl methyl sites for hydroxylation is 1. The third-order valence-corrected chi connectivity index (χ3v) is 5.10. The second-order valence-electron chi connectivity index (χ2n) is 6.70. The number of hydrogen-bond donors (Lipinski definition) is 1. The summed E-state index contributed by atoms with van der Waals surface area (Å²) in [6.07, 6.45) is 5.10. The monoisotopic (exact) mass is 352 g/mol. The van der Waals surface area contributed by atoms with Gasteiger partial charge in [0.2, 0.25) is 0 Å². The van der Waals surface area contributed by atoms with Gasteiger partial charge in [0.25, 0.3) is 0 Å². The summed E-state index contributed by atoms with van der Waals surface area (Å²) in [5.41, 5.74) is 4.39. The van der Waals surface area contributed by atoms with Crippen LogP contribution in [0, 0.1) is 0 Å². The fourth-order valence-corrected chi connectivity index (χ4v) is 3.65. The van der Waals surface area contributed by atoms with Crippen molar-refractivity contribution in [1.29, 1.82) is 0 Å².